The lowest BCUT2D eigenvalue weighted by molar-refractivity contribution is 0.0755. The molecule has 0 spiro atoms. The van der Waals surface area contributed by atoms with Gasteiger partial charge in [0, 0.05) is 29.4 Å². The van der Waals surface area contributed by atoms with Gasteiger partial charge in [0.25, 0.3) is 5.91 Å². The third kappa shape index (κ3) is 3.47. The highest BCUT2D eigenvalue weighted by Crippen LogP contribution is 2.28. The zero-order valence-corrected chi connectivity index (χ0v) is 13.4. The number of benzene rings is 1. The first-order chi connectivity index (χ1) is 10.2. The molecular formula is C17H18ClNOS. The van der Waals surface area contributed by atoms with Gasteiger partial charge >= 0.3 is 0 Å². The lowest BCUT2D eigenvalue weighted by Gasteiger charge is -2.24. The van der Waals surface area contributed by atoms with Crippen molar-refractivity contribution in [1.82, 2.24) is 4.90 Å². The van der Waals surface area contributed by atoms with E-state index in [1.165, 1.54) is 12.0 Å². The van der Waals surface area contributed by atoms with Crippen LogP contribution >= 0.6 is 22.9 Å². The molecule has 1 amide bonds. The molecule has 1 saturated heterocycles. The van der Waals surface area contributed by atoms with Gasteiger partial charge in [0.05, 0.1) is 5.56 Å². The topological polar surface area (TPSA) is 20.3 Å². The second-order valence-corrected chi connectivity index (χ2v) is 6.72. The summed E-state index contributed by atoms with van der Waals surface area (Å²) in [5.74, 6) is 0.574. The van der Waals surface area contributed by atoms with E-state index in [-0.39, 0.29) is 5.91 Å². The minimum atomic E-state index is 0.164. The van der Waals surface area contributed by atoms with Crippen LogP contribution in [0.1, 0.15) is 41.1 Å². The van der Waals surface area contributed by atoms with Crippen LogP contribution in [-0.4, -0.2) is 23.9 Å². The van der Waals surface area contributed by atoms with Crippen molar-refractivity contribution < 1.29 is 4.79 Å². The van der Waals surface area contributed by atoms with Crippen LogP contribution in [0.15, 0.2) is 41.1 Å². The number of likely N-dealkylation sites (tertiary alicyclic amines) is 1. The molecule has 1 aromatic carbocycles. The van der Waals surface area contributed by atoms with Crippen LogP contribution in [0.3, 0.4) is 0 Å². The summed E-state index contributed by atoms with van der Waals surface area (Å²) in [5, 5.41) is 4.66. The highest BCUT2D eigenvalue weighted by molar-refractivity contribution is 7.08. The Balaban J connectivity index is 1.77. The number of hydrogen-bond acceptors (Lipinski definition) is 2. The molecule has 1 atom stereocenters. The minimum Gasteiger partial charge on any atom is -0.338 e. The Bertz CT molecular complexity index is 594. The first-order valence-corrected chi connectivity index (χ1v) is 8.63. The molecule has 1 fully saturated rings. The van der Waals surface area contributed by atoms with E-state index < -0.39 is 0 Å². The summed E-state index contributed by atoms with van der Waals surface area (Å²) in [5.41, 5.74) is 2.10. The molecule has 1 aliphatic heterocycles. The minimum absolute atomic E-state index is 0.164. The van der Waals surface area contributed by atoms with Crippen LogP contribution < -0.4 is 0 Å². The van der Waals surface area contributed by atoms with Crippen molar-refractivity contribution in [3.05, 3.63) is 57.2 Å². The number of thiophene rings is 1. The molecule has 0 radical (unpaired) electrons. The van der Waals surface area contributed by atoms with Crippen molar-refractivity contribution in [2.75, 3.05) is 13.1 Å². The van der Waals surface area contributed by atoms with Crippen LogP contribution in [0, 0.1) is 0 Å². The van der Waals surface area contributed by atoms with Gasteiger partial charge in [0.1, 0.15) is 0 Å². The van der Waals surface area contributed by atoms with Crippen LogP contribution in [0.5, 0.6) is 0 Å². The number of rotatable bonds is 2. The Morgan fingerprint density at radius 2 is 2.00 bits per heavy atom. The highest BCUT2D eigenvalue weighted by Gasteiger charge is 2.24. The summed E-state index contributed by atoms with van der Waals surface area (Å²) in [6, 6.07) is 9.96. The SMILES string of the molecule is O=C(c1ccsc1)N1CCCCC(c2ccc(Cl)cc2)C1. The fraction of sp³-hybridized carbons (Fsp3) is 0.353. The first-order valence-electron chi connectivity index (χ1n) is 7.31. The maximum Gasteiger partial charge on any atom is 0.254 e. The van der Waals surface area contributed by atoms with Crippen molar-refractivity contribution in [3.63, 3.8) is 0 Å². The largest absolute Gasteiger partial charge is 0.338 e. The number of carbonyl (C=O) groups excluding carboxylic acids is 1. The maximum absolute atomic E-state index is 12.6. The van der Waals surface area contributed by atoms with Crippen LogP contribution in [0.4, 0.5) is 0 Å². The molecule has 0 N–H and O–H groups in total. The van der Waals surface area contributed by atoms with Crippen LogP contribution in [-0.2, 0) is 0 Å². The number of halogens is 1. The van der Waals surface area contributed by atoms with Crippen molar-refractivity contribution in [2.24, 2.45) is 0 Å². The molecular weight excluding hydrogens is 302 g/mol. The first kappa shape index (κ1) is 14.6. The van der Waals surface area contributed by atoms with E-state index in [1.807, 2.05) is 33.9 Å². The number of nitrogens with zero attached hydrogens (tertiary/aromatic N) is 1. The van der Waals surface area contributed by atoms with Gasteiger partial charge < -0.3 is 4.90 Å². The Labute approximate surface area is 134 Å². The van der Waals surface area contributed by atoms with E-state index in [0.29, 0.717) is 5.92 Å². The molecule has 1 unspecified atom stereocenters. The van der Waals surface area contributed by atoms with Gasteiger partial charge in [-0.15, -0.1) is 0 Å². The van der Waals surface area contributed by atoms with Crippen molar-refractivity contribution >= 4 is 28.8 Å². The summed E-state index contributed by atoms with van der Waals surface area (Å²) >= 11 is 7.54. The van der Waals surface area contributed by atoms with Gasteiger partial charge in [-0.2, -0.15) is 11.3 Å². The summed E-state index contributed by atoms with van der Waals surface area (Å²) in [6.45, 7) is 1.66. The molecule has 2 heterocycles. The highest BCUT2D eigenvalue weighted by atomic mass is 35.5. The predicted molar refractivity (Wildman–Crippen MR) is 88.3 cm³/mol. The Morgan fingerprint density at radius 3 is 2.71 bits per heavy atom. The summed E-state index contributed by atoms with van der Waals surface area (Å²) in [7, 11) is 0. The second-order valence-electron chi connectivity index (χ2n) is 5.51. The Kier molecular flexibility index (Phi) is 4.61. The molecule has 0 aliphatic carbocycles. The second kappa shape index (κ2) is 6.63. The zero-order valence-electron chi connectivity index (χ0n) is 11.8. The van der Waals surface area contributed by atoms with Gasteiger partial charge in [0.2, 0.25) is 0 Å². The zero-order chi connectivity index (χ0) is 14.7. The van der Waals surface area contributed by atoms with Gasteiger partial charge in [-0.1, -0.05) is 30.2 Å². The number of carbonyl (C=O) groups is 1. The van der Waals surface area contributed by atoms with Gasteiger partial charge in [0.15, 0.2) is 0 Å². The number of hydrogen-bond donors (Lipinski definition) is 0. The van der Waals surface area contributed by atoms with Crippen LogP contribution in [0.2, 0.25) is 5.02 Å². The summed E-state index contributed by atoms with van der Waals surface area (Å²) < 4.78 is 0. The van der Waals surface area contributed by atoms with Gasteiger partial charge in [-0.25, -0.2) is 0 Å². The smallest absolute Gasteiger partial charge is 0.254 e. The van der Waals surface area contributed by atoms with Gasteiger partial charge in [-0.3, -0.25) is 4.79 Å². The maximum atomic E-state index is 12.6. The lowest BCUT2D eigenvalue weighted by Crippen LogP contribution is -2.33. The summed E-state index contributed by atoms with van der Waals surface area (Å²) in [4.78, 5) is 14.6. The molecule has 110 valence electrons. The molecule has 0 bridgehead atoms. The molecule has 21 heavy (non-hydrogen) atoms. The third-order valence-electron chi connectivity index (χ3n) is 4.07. The van der Waals surface area contributed by atoms with Crippen molar-refractivity contribution in [2.45, 2.75) is 25.2 Å². The standard InChI is InChI=1S/C17H18ClNOS/c18-16-6-4-13(5-7-16)14-3-1-2-9-19(11-14)17(20)15-8-10-21-12-15/h4-8,10,12,14H,1-3,9,11H2. The van der Waals surface area contributed by atoms with E-state index in [1.54, 1.807) is 11.3 Å². The Morgan fingerprint density at radius 1 is 1.19 bits per heavy atom. The monoisotopic (exact) mass is 319 g/mol. The molecule has 2 aromatic rings. The average molecular weight is 320 g/mol. The van der Waals surface area contributed by atoms with Crippen molar-refractivity contribution in [3.8, 4) is 0 Å². The quantitative estimate of drug-likeness (QED) is 0.777. The van der Waals surface area contributed by atoms with E-state index in [0.717, 1.165) is 36.5 Å². The van der Waals surface area contributed by atoms with E-state index in [9.17, 15) is 4.79 Å². The Hall–Kier alpha value is -1.32. The fourth-order valence-electron chi connectivity index (χ4n) is 2.90. The molecule has 1 aliphatic rings. The van der Waals surface area contributed by atoms with E-state index >= 15 is 0 Å². The number of amides is 1. The third-order valence-corrected chi connectivity index (χ3v) is 5.00. The average Bonchev–Trinajstić information content (AvgIpc) is 2.92. The molecule has 1 aromatic heterocycles. The lowest BCUT2D eigenvalue weighted by atomic mass is 9.94. The molecule has 0 saturated carbocycles. The van der Waals surface area contributed by atoms with Crippen LogP contribution in [0.25, 0.3) is 0 Å². The van der Waals surface area contributed by atoms with Crippen molar-refractivity contribution in [1.29, 1.82) is 0 Å². The molecule has 4 heteroatoms. The molecule has 3 rings (SSSR count). The normalized spacial score (nSPS) is 19.3. The van der Waals surface area contributed by atoms with E-state index in [2.05, 4.69) is 12.1 Å². The predicted octanol–water partition coefficient (Wildman–Crippen LogP) is 4.81. The summed E-state index contributed by atoms with van der Waals surface area (Å²) in [6.07, 6.45) is 3.38. The molecule has 2 nitrogen and oxygen atoms in total. The fourth-order valence-corrected chi connectivity index (χ4v) is 3.66. The van der Waals surface area contributed by atoms with Gasteiger partial charge in [-0.05, 0) is 42.0 Å². The van der Waals surface area contributed by atoms with E-state index in [4.69, 9.17) is 11.6 Å².